The number of halogens is 3. The van der Waals surface area contributed by atoms with Gasteiger partial charge in [-0.25, -0.2) is 13.2 Å². The molecule has 0 bridgehead atoms. The predicted molar refractivity (Wildman–Crippen MR) is 72.7 cm³/mol. The van der Waals surface area contributed by atoms with Gasteiger partial charge >= 0.3 is 0 Å². The second-order valence-corrected chi connectivity index (χ2v) is 5.11. The molecule has 0 saturated heterocycles. The molecule has 2 rings (SSSR count). The van der Waals surface area contributed by atoms with Crippen LogP contribution in [0.15, 0.2) is 23.6 Å². The molecule has 0 aliphatic carbocycles. The van der Waals surface area contributed by atoms with Gasteiger partial charge in [0.2, 0.25) is 0 Å². The molecule has 1 N–H and O–H groups in total. The smallest absolute Gasteiger partial charge is 0.134 e. The Morgan fingerprint density at radius 1 is 1.20 bits per heavy atom. The van der Waals surface area contributed by atoms with E-state index in [1.165, 1.54) is 18.4 Å². The third kappa shape index (κ3) is 2.96. The maximum Gasteiger partial charge on any atom is 0.134 e. The molecule has 0 amide bonds. The van der Waals surface area contributed by atoms with E-state index < -0.39 is 23.5 Å². The minimum atomic E-state index is -0.928. The Labute approximate surface area is 119 Å². The normalized spacial score (nSPS) is 12.4. The first kappa shape index (κ1) is 14.9. The van der Waals surface area contributed by atoms with E-state index >= 15 is 0 Å². The fourth-order valence-corrected chi connectivity index (χ4v) is 2.91. The van der Waals surface area contributed by atoms with Gasteiger partial charge in [-0.05, 0) is 12.6 Å². The highest BCUT2D eigenvalue weighted by Gasteiger charge is 2.24. The van der Waals surface area contributed by atoms with Crippen LogP contribution in [0, 0.1) is 17.5 Å². The number of nitrogens with one attached hydrogen (secondary N) is 1. The standard InChI is InChI=1S/C14H14F3NOS/c1-3-18-14(12-6-9(19-2)7-20-12)13-10(16)4-8(15)5-11(13)17/h4-7,14,18H,3H2,1-2H3. The highest BCUT2D eigenvalue weighted by molar-refractivity contribution is 7.10. The van der Waals surface area contributed by atoms with Crippen molar-refractivity contribution in [3.8, 4) is 5.75 Å². The molecule has 0 aliphatic heterocycles. The van der Waals surface area contributed by atoms with Gasteiger partial charge in [0.25, 0.3) is 0 Å². The van der Waals surface area contributed by atoms with Gasteiger partial charge in [0, 0.05) is 28.0 Å². The predicted octanol–water partition coefficient (Wildman–Crippen LogP) is 3.87. The largest absolute Gasteiger partial charge is 0.496 e. The summed E-state index contributed by atoms with van der Waals surface area (Å²) >= 11 is 1.32. The first-order chi connectivity index (χ1) is 9.56. The van der Waals surface area contributed by atoms with E-state index in [2.05, 4.69) is 5.32 Å². The maximum atomic E-state index is 13.9. The number of rotatable bonds is 5. The van der Waals surface area contributed by atoms with Gasteiger partial charge in [0.05, 0.1) is 13.2 Å². The van der Waals surface area contributed by atoms with E-state index in [1.54, 1.807) is 11.4 Å². The zero-order valence-corrected chi connectivity index (χ0v) is 11.9. The molecule has 2 nitrogen and oxygen atoms in total. The number of thiophene rings is 1. The van der Waals surface area contributed by atoms with Gasteiger partial charge in [-0.15, -0.1) is 11.3 Å². The Hall–Kier alpha value is -1.53. The van der Waals surface area contributed by atoms with Crippen LogP contribution in [0.25, 0.3) is 0 Å². The van der Waals surface area contributed by atoms with E-state index in [0.29, 0.717) is 29.3 Å². The van der Waals surface area contributed by atoms with Crippen molar-refractivity contribution in [3.63, 3.8) is 0 Å². The van der Waals surface area contributed by atoms with Gasteiger partial charge in [-0.3, -0.25) is 0 Å². The minimum absolute atomic E-state index is 0.183. The summed E-state index contributed by atoms with van der Waals surface area (Å²) in [6.45, 7) is 2.35. The first-order valence-electron chi connectivity index (χ1n) is 6.07. The van der Waals surface area contributed by atoms with Crippen molar-refractivity contribution in [3.05, 3.63) is 51.5 Å². The van der Waals surface area contributed by atoms with Crippen LogP contribution in [-0.2, 0) is 0 Å². The quantitative estimate of drug-likeness (QED) is 0.905. The monoisotopic (exact) mass is 301 g/mol. The van der Waals surface area contributed by atoms with Crippen LogP contribution < -0.4 is 10.1 Å². The Kier molecular flexibility index (Phi) is 4.67. The summed E-state index contributed by atoms with van der Waals surface area (Å²) in [5.74, 6) is -2.11. The number of benzene rings is 1. The molecule has 0 aliphatic rings. The summed E-state index contributed by atoms with van der Waals surface area (Å²) in [5.41, 5.74) is -0.183. The molecule has 1 aromatic heterocycles. The molecule has 6 heteroatoms. The average molecular weight is 301 g/mol. The topological polar surface area (TPSA) is 21.3 Å². The number of ether oxygens (including phenoxy) is 1. The molecule has 1 aromatic carbocycles. The van der Waals surface area contributed by atoms with E-state index in [0.717, 1.165) is 0 Å². The third-order valence-electron chi connectivity index (χ3n) is 2.86. The van der Waals surface area contributed by atoms with E-state index in [4.69, 9.17) is 4.74 Å². The minimum Gasteiger partial charge on any atom is -0.496 e. The molecule has 0 radical (unpaired) electrons. The lowest BCUT2D eigenvalue weighted by Crippen LogP contribution is -2.23. The Balaban J connectivity index is 2.48. The SMILES string of the molecule is CCNC(c1cc(OC)cs1)c1c(F)cc(F)cc1F. The van der Waals surface area contributed by atoms with Crippen LogP contribution in [0.5, 0.6) is 5.75 Å². The van der Waals surface area contributed by atoms with Crippen molar-refractivity contribution in [1.29, 1.82) is 0 Å². The zero-order valence-electron chi connectivity index (χ0n) is 11.0. The molecular weight excluding hydrogens is 287 g/mol. The fourth-order valence-electron chi connectivity index (χ4n) is 1.97. The fraction of sp³-hybridized carbons (Fsp3) is 0.286. The van der Waals surface area contributed by atoms with Gasteiger partial charge < -0.3 is 10.1 Å². The maximum absolute atomic E-state index is 13.9. The molecule has 1 atom stereocenters. The van der Waals surface area contributed by atoms with Crippen molar-refractivity contribution in [1.82, 2.24) is 5.32 Å². The number of hydrogen-bond donors (Lipinski definition) is 1. The molecular formula is C14H14F3NOS. The molecule has 2 aromatic rings. The number of methoxy groups -OCH3 is 1. The zero-order chi connectivity index (χ0) is 14.7. The Morgan fingerprint density at radius 3 is 2.35 bits per heavy atom. The number of hydrogen-bond acceptors (Lipinski definition) is 3. The summed E-state index contributed by atoms with van der Waals surface area (Å²) in [6, 6.07) is 2.41. The summed E-state index contributed by atoms with van der Waals surface area (Å²) in [5, 5.41) is 4.76. The van der Waals surface area contributed by atoms with E-state index in [9.17, 15) is 13.2 Å². The second kappa shape index (κ2) is 6.28. The highest BCUT2D eigenvalue weighted by Crippen LogP contribution is 2.33. The first-order valence-corrected chi connectivity index (χ1v) is 6.95. The molecule has 108 valence electrons. The molecule has 20 heavy (non-hydrogen) atoms. The van der Waals surface area contributed by atoms with Gasteiger partial charge in [-0.2, -0.15) is 0 Å². The summed E-state index contributed by atoms with van der Waals surface area (Å²) < 4.78 is 45.9. The summed E-state index contributed by atoms with van der Waals surface area (Å²) in [7, 11) is 1.52. The van der Waals surface area contributed by atoms with E-state index in [-0.39, 0.29) is 5.56 Å². The van der Waals surface area contributed by atoms with Gasteiger partial charge in [0.15, 0.2) is 0 Å². The molecule has 1 unspecified atom stereocenters. The van der Waals surface area contributed by atoms with Gasteiger partial charge in [0.1, 0.15) is 23.2 Å². The molecule has 0 fully saturated rings. The van der Waals surface area contributed by atoms with Crippen molar-refractivity contribution in [2.75, 3.05) is 13.7 Å². The van der Waals surface area contributed by atoms with Crippen molar-refractivity contribution in [2.24, 2.45) is 0 Å². The lowest BCUT2D eigenvalue weighted by atomic mass is 10.0. The molecule has 1 heterocycles. The van der Waals surface area contributed by atoms with E-state index in [1.807, 2.05) is 6.92 Å². The Morgan fingerprint density at radius 2 is 1.85 bits per heavy atom. The second-order valence-electron chi connectivity index (χ2n) is 4.16. The summed E-state index contributed by atoms with van der Waals surface area (Å²) in [6.07, 6.45) is 0. The summed E-state index contributed by atoms with van der Waals surface area (Å²) in [4.78, 5) is 0.702. The van der Waals surface area contributed by atoms with Crippen LogP contribution in [0.3, 0.4) is 0 Å². The van der Waals surface area contributed by atoms with Crippen LogP contribution >= 0.6 is 11.3 Å². The van der Waals surface area contributed by atoms with Crippen LogP contribution in [0.1, 0.15) is 23.4 Å². The van der Waals surface area contributed by atoms with Crippen LogP contribution in [-0.4, -0.2) is 13.7 Å². The highest BCUT2D eigenvalue weighted by atomic mass is 32.1. The van der Waals surface area contributed by atoms with Crippen molar-refractivity contribution in [2.45, 2.75) is 13.0 Å². The van der Waals surface area contributed by atoms with Crippen molar-refractivity contribution < 1.29 is 17.9 Å². The molecule has 0 saturated carbocycles. The lowest BCUT2D eigenvalue weighted by molar-refractivity contribution is 0.416. The third-order valence-corrected chi connectivity index (χ3v) is 3.83. The van der Waals surface area contributed by atoms with Crippen molar-refractivity contribution >= 4 is 11.3 Å². The average Bonchev–Trinajstić information content (AvgIpc) is 2.85. The lowest BCUT2D eigenvalue weighted by Gasteiger charge is -2.18. The van der Waals surface area contributed by atoms with Crippen LogP contribution in [0.2, 0.25) is 0 Å². The Bertz CT molecular complexity index is 577. The van der Waals surface area contributed by atoms with Gasteiger partial charge in [-0.1, -0.05) is 6.92 Å². The van der Waals surface area contributed by atoms with Crippen LogP contribution in [0.4, 0.5) is 13.2 Å². The molecule has 0 spiro atoms.